The van der Waals surface area contributed by atoms with Gasteiger partial charge in [-0.1, -0.05) is 0 Å². The topological polar surface area (TPSA) is 86.8 Å². The Morgan fingerprint density at radius 3 is 2.53 bits per heavy atom. The molecular weight excluding hydrogens is 252 g/mol. The van der Waals surface area contributed by atoms with Crippen LogP contribution in [0.5, 0.6) is 11.5 Å². The quantitative estimate of drug-likeness (QED) is 0.777. The molecule has 0 aromatic carbocycles. The number of nitrogens with one attached hydrogen (secondary N) is 1. The van der Waals surface area contributed by atoms with Crippen LogP contribution in [0.15, 0.2) is 12.3 Å². The molecule has 1 aromatic heterocycles. The van der Waals surface area contributed by atoms with Crippen LogP contribution in [0.3, 0.4) is 0 Å². The van der Waals surface area contributed by atoms with Gasteiger partial charge in [0.1, 0.15) is 5.69 Å². The van der Waals surface area contributed by atoms with Gasteiger partial charge in [-0.25, -0.2) is 9.78 Å². The smallest absolute Gasteiger partial charge is 0.346 e. The number of amides is 1. The predicted octanol–water partition coefficient (Wildman–Crippen LogP) is 0.390. The fraction of sp³-hybridized carbons (Fsp3) is 0.417. The van der Waals surface area contributed by atoms with Crippen molar-refractivity contribution < 1.29 is 23.8 Å². The highest BCUT2D eigenvalue weighted by Gasteiger charge is 2.18. The molecule has 0 bridgehead atoms. The highest BCUT2D eigenvalue weighted by atomic mass is 16.6. The minimum absolute atomic E-state index is 0.192. The fourth-order valence-electron chi connectivity index (χ4n) is 1.33. The Bertz CT molecular complexity index is 475. The standard InChI is InChI=1S/C12H16N2O5/c1-7(12(16)18-4)19-10-6-14-8(11(15)13-2)5-9(10)17-3/h5-7H,1-4H3,(H,13,15). The Kier molecular flexibility index (Phi) is 5.11. The molecule has 1 atom stereocenters. The van der Waals surface area contributed by atoms with Crippen LogP contribution in [0.2, 0.25) is 0 Å². The second kappa shape index (κ2) is 6.58. The third-order valence-corrected chi connectivity index (χ3v) is 2.35. The maximum Gasteiger partial charge on any atom is 0.346 e. The summed E-state index contributed by atoms with van der Waals surface area (Å²) >= 11 is 0. The summed E-state index contributed by atoms with van der Waals surface area (Å²) in [6.07, 6.45) is 0.523. The number of ether oxygens (including phenoxy) is 3. The number of hydrogen-bond donors (Lipinski definition) is 1. The molecule has 7 heteroatoms. The summed E-state index contributed by atoms with van der Waals surface area (Å²) in [5, 5.41) is 2.45. The Hall–Kier alpha value is -2.31. The normalized spacial score (nSPS) is 11.4. The molecule has 0 saturated carbocycles. The van der Waals surface area contributed by atoms with Gasteiger partial charge in [-0.15, -0.1) is 0 Å². The van der Waals surface area contributed by atoms with Gasteiger partial charge in [0.25, 0.3) is 5.91 Å². The number of esters is 1. The van der Waals surface area contributed by atoms with Gasteiger partial charge in [-0.05, 0) is 6.92 Å². The van der Waals surface area contributed by atoms with Crippen molar-refractivity contribution in [2.24, 2.45) is 0 Å². The lowest BCUT2D eigenvalue weighted by atomic mass is 10.3. The van der Waals surface area contributed by atoms with E-state index >= 15 is 0 Å². The zero-order valence-electron chi connectivity index (χ0n) is 11.2. The van der Waals surface area contributed by atoms with Crippen LogP contribution in [0.1, 0.15) is 17.4 Å². The highest BCUT2D eigenvalue weighted by Crippen LogP contribution is 2.27. The van der Waals surface area contributed by atoms with Gasteiger partial charge in [0.15, 0.2) is 17.6 Å². The van der Waals surface area contributed by atoms with E-state index in [-0.39, 0.29) is 17.4 Å². The molecular formula is C12H16N2O5. The van der Waals surface area contributed by atoms with E-state index < -0.39 is 12.1 Å². The Morgan fingerprint density at radius 2 is 2.00 bits per heavy atom. The molecule has 1 aromatic rings. The summed E-state index contributed by atoms with van der Waals surface area (Å²) in [5.74, 6) is -0.291. The van der Waals surface area contributed by atoms with Crippen LogP contribution in [0.25, 0.3) is 0 Å². The largest absolute Gasteiger partial charge is 0.493 e. The van der Waals surface area contributed by atoms with E-state index in [2.05, 4.69) is 15.0 Å². The molecule has 1 rings (SSSR count). The number of aromatic nitrogens is 1. The number of rotatable bonds is 5. The molecule has 1 amide bonds. The van der Waals surface area contributed by atoms with E-state index in [1.807, 2.05) is 0 Å². The molecule has 0 fully saturated rings. The Morgan fingerprint density at radius 1 is 1.32 bits per heavy atom. The summed E-state index contributed by atoms with van der Waals surface area (Å²) in [4.78, 5) is 26.6. The number of carbonyl (C=O) groups is 2. The predicted molar refractivity (Wildman–Crippen MR) is 66.3 cm³/mol. The van der Waals surface area contributed by atoms with Crippen LogP contribution in [0, 0.1) is 0 Å². The zero-order chi connectivity index (χ0) is 14.4. The monoisotopic (exact) mass is 268 g/mol. The number of pyridine rings is 1. The molecule has 7 nitrogen and oxygen atoms in total. The molecule has 0 aliphatic rings. The van der Waals surface area contributed by atoms with Gasteiger partial charge in [-0.3, -0.25) is 4.79 Å². The summed E-state index contributed by atoms with van der Waals surface area (Å²) in [5.41, 5.74) is 0.192. The lowest BCUT2D eigenvalue weighted by Crippen LogP contribution is -2.25. The number of nitrogens with zero attached hydrogens (tertiary/aromatic N) is 1. The van der Waals surface area contributed by atoms with Gasteiger partial charge in [0.2, 0.25) is 0 Å². The summed E-state index contributed by atoms with van der Waals surface area (Å²) < 4.78 is 15.0. The van der Waals surface area contributed by atoms with Crippen molar-refractivity contribution in [1.82, 2.24) is 10.3 Å². The van der Waals surface area contributed by atoms with Crippen LogP contribution in [-0.2, 0) is 9.53 Å². The van der Waals surface area contributed by atoms with Gasteiger partial charge in [0.05, 0.1) is 20.4 Å². The van der Waals surface area contributed by atoms with E-state index in [4.69, 9.17) is 9.47 Å². The van der Waals surface area contributed by atoms with Crippen molar-refractivity contribution >= 4 is 11.9 Å². The maximum absolute atomic E-state index is 11.4. The van der Waals surface area contributed by atoms with Gasteiger partial charge in [-0.2, -0.15) is 0 Å². The second-order valence-corrected chi connectivity index (χ2v) is 3.58. The number of hydrogen-bond acceptors (Lipinski definition) is 6. The Labute approximate surface area is 110 Å². The summed E-state index contributed by atoms with van der Waals surface area (Å²) in [6.45, 7) is 1.54. The molecule has 0 aliphatic heterocycles. The van der Waals surface area contributed by atoms with Crippen LogP contribution < -0.4 is 14.8 Å². The molecule has 0 radical (unpaired) electrons. The molecule has 0 saturated heterocycles. The van der Waals surface area contributed by atoms with Crippen molar-refractivity contribution in [3.63, 3.8) is 0 Å². The second-order valence-electron chi connectivity index (χ2n) is 3.58. The first kappa shape index (κ1) is 14.7. The van der Waals surface area contributed by atoms with Crippen molar-refractivity contribution in [3.05, 3.63) is 18.0 Å². The van der Waals surface area contributed by atoms with Crippen molar-refractivity contribution in [1.29, 1.82) is 0 Å². The third-order valence-electron chi connectivity index (χ3n) is 2.35. The van der Waals surface area contributed by atoms with Crippen molar-refractivity contribution in [3.8, 4) is 11.5 Å². The van der Waals surface area contributed by atoms with Gasteiger partial charge < -0.3 is 19.5 Å². The molecule has 0 spiro atoms. The van der Waals surface area contributed by atoms with Crippen LogP contribution in [0.4, 0.5) is 0 Å². The minimum Gasteiger partial charge on any atom is -0.493 e. The first-order valence-corrected chi connectivity index (χ1v) is 5.54. The van der Waals surface area contributed by atoms with Crippen molar-refractivity contribution in [2.75, 3.05) is 21.3 Å². The molecule has 1 heterocycles. The molecule has 1 N–H and O–H groups in total. The molecule has 0 aliphatic carbocycles. The SMILES string of the molecule is CNC(=O)c1cc(OC)c(OC(C)C(=O)OC)cn1. The van der Waals surface area contributed by atoms with Gasteiger partial charge in [0, 0.05) is 13.1 Å². The van der Waals surface area contributed by atoms with E-state index in [1.165, 1.54) is 40.5 Å². The van der Waals surface area contributed by atoms with E-state index in [0.29, 0.717) is 5.75 Å². The number of carbonyl (C=O) groups excluding carboxylic acids is 2. The molecule has 104 valence electrons. The summed E-state index contributed by atoms with van der Waals surface area (Å²) in [7, 11) is 4.20. The van der Waals surface area contributed by atoms with Gasteiger partial charge >= 0.3 is 5.97 Å². The molecule has 19 heavy (non-hydrogen) atoms. The first-order valence-electron chi connectivity index (χ1n) is 5.54. The third kappa shape index (κ3) is 3.57. The maximum atomic E-state index is 11.4. The fourth-order valence-corrected chi connectivity index (χ4v) is 1.33. The number of methoxy groups -OCH3 is 2. The van der Waals surface area contributed by atoms with E-state index in [1.54, 1.807) is 0 Å². The Balaban J connectivity index is 2.96. The lowest BCUT2D eigenvalue weighted by Gasteiger charge is -2.15. The first-order chi connectivity index (χ1) is 9.03. The summed E-state index contributed by atoms with van der Waals surface area (Å²) in [6, 6.07) is 1.43. The zero-order valence-corrected chi connectivity index (χ0v) is 11.2. The minimum atomic E-state index is -0.799. The van der Waals surface area contributed by atoms with Crippen LogP contribution >= 0.6 is 0 Å². The van der Waals surface area contributed by atoms with Crippen LogP contribution in [-0.4, -0.2) is 44.2 Å². The van der Waals surface area contributed by atoms with E-state index in [0.717, 1.165) is 0 Å². The molecule has 1 unspecified atom stereocenters. The lowest BCUT2D eigenvalue weighted by molar-refractivity contribution is -0.147. The highest BCUT2D eigenvalue weighted by molar-refractivity contribution is 5.92. The van der Waals surface area contributed by atoms with E-state index in [9.17, 15) is 9.59 Å². The average Bonchev–Trinajstić information content (AvgIpc) is 2.45. The average molecular weight is 268 g/mol. The van der Waals surface area contributed by atoms with Crippen molar-refractivity contribution in [2.45, 2.75) is 13.0 Å².